The Labute approximate surface area is 223 Å². The SMILES string of the molecule is CCCCNC(=O)[C@H](Cc1ccccc1)N(Cc1ccc(F)cc1)C(=O)CCc1ccc2c(c1)OCCO2. The molecule has 0 aromatic heterocycles. The van der Waals surface area contributed by atoms with Gasteiger partial charge < -0.3 is 19.7 Å². The fourth-order valence-electron chi connectivity index (χ4n) is 4.48. The van der Waals surface area contributed by atoms with Gasteiger partial charge in [-0.1, -0.05) is 61.9 Å². The van der Waals surface area contributed by atoms with Crippen molar-refractivity contribution in [1.29, 1.82) is 0 Å². The number of amides is 2. The summed E-state index contributed by atoms with van der Waals surface area (Å²) in [6.07, 6.45) is 2.91. The highest BCUT2D eigenvalue weighted by Crippen LogP contribution is 2.31. The van der Waals surface area contributed by atoms with E-state index in [0.717, 1.165) is 29.5 Å². The second kappa shape index (κ2) is 13.6. The molecule has 1 N–H and O–H groups in total. The molecule has 7 heteroatoms. The highest BCUT2D eigenvalue weighted by atomic mass is 19.1. The number of hydrogen-bond acceptors (Lipinski definition) is 4. The van der Waals surface area contributed by atoms with Crippen LogP contribution in [0.15, 0.2) is 72.8 Å². The van der Waals surface area contributed by atoms with Crippen LogP contribution in [0.25, 0.3) is 0 Å². The molecule has 3 aromatic rings. The Morgan fingerprint density at radius 3 is 2.37 bits per heavy atom. The lowest BCUT2D eigenvalue weighted by Crippen LogP contribution is -2.50. The zero-order valence-electron chi connectivity index (χ0n) is 21.8. The summed E-state index contributed by atoms with van der Waals surface area (Å²) in [5.74, 6) is 0.717. The fraction of sp³-hybridized carbons (Fsp3) is 0.355. The molecule has 1 aliphatic heterocycles. The lowest BCUT2D eigenvalue weighted by Gasteiger charge is -2.32. The molecule has 0 radical (unpaired) electrons. The monoisotopic (exact) mass is 518 g/mol. The van der Waals surface area contributed by atoms with Gasteiger partial charge in [-0.15, -0.1) is 0 Å². The third-order valence-corrected chi connectivity index (χ3v) is 6.60. The maximum Gasteiger partial charge on any atom is 0.243 e. The molecule has 4 rings (SSSR count). The molecule has 0 unspecified atom stereocenters. The second-order valence-electron chi connectivity index (χ2n) is 9.48. The largest absolute Gasteiger partial charge is 0.486 e. The normalized spacial score (nSPS) is 13.0. The molecule has 0 bridgehead atoms. The molecule has 1 heterocycles. The van der Waals surface area contributed by atoms with Crippen LogP contribution in [0.5, 0.6) is 11.5 Å². The van der Waals surface area contributed by atoms with Gasteiger partial charge in [0.15, 0.2) is 11.5 Å². The first kappa shape index (κ1) is 27.2. The number of aryl methyl sites for hydroxylation is 1. The molecule has 38 heavy (non-hydrogen) atoms. The molecule has 0 saturated heterocycles. The van der Waals surface area contributed by atoms with Crippen LogP contribution in [0.1, 0.15) is 42.9 Å². The molecule has 2 amide bonds. The number of nitrogens with one attached hydrogen (secondary N) is 1. The van der Waals surface area contributed by atoms with Crippen molar-refractivity contribution in [3.05, 3.63) is 95.3 Å². The van der Waals surface area contributed by atoms with Gasteiger partial charge in [0.25, 0.3) is 0 Å². The van der Waals surface area contributed by atoms with Gasteiger partial charge in [-0.05, 0) is 53.8 Å². The van der Waals surface area contributed by atoms with E-state index in [1.54, 1.807) is 17.0 Å². The van der Waals surface area contributed by atoms with Crippen LogP contribution >= 0.6 is 0 Å². The summed E-state index contributed by atoms with van der Waals surface area (Å²) in [5, 5.41) is 3.02. The maximum atomic E-state index is 13.8. The van der Waals surface area contributed by atoms with Crippen molar-refractivity contribution >= 4 is 11.8 Å². The smallest absolute Gasteiger partial charge is 0.243 e. The van der Waals surface area contributed by atoms with E-state index in [1.807, 2.05) is 48.5 Å². The van der Waals surface area contributed by atoms with Gasteiger partial charge in [0.1, 0.15) is 25.1 Å². The number of unbranched alkanes of at least 4 members (excludes halogenated alkanes) is 1. The zero-order valence-corrected chi connectivity index (χ0v) is 21.8. The minimum Gasteiger partial charge on any atom is -0.486 e. The van der Waals surface area contributed by atoms with Crippen molar-refractivity contribution in [3.8, 4) is 11.5 Å². The average molecular weight is 519 g/mol. The van der Waals surface area contributed by atoms with Gasteiger partial charge in [-0.3, -0.25) is 9.59 Å². The number of halogens is 1. The van der Waals surface area contributed by atoms with E-state index in [0.29, 0.717) is 44.1 Å². The van der Waals surface area contributed by atoms with Gasteiger partial charge in [-0.2, -0.15) is 0 Å². The minimum absolute atomic E-state index is 0.143. The summed E-state index contributed by atoms with van der Waals surface area (Å²) < 4.78 is 24.9. The second-order valence-corrected chi connectivity index (χ2v) is 9.48. The van der Waals surface area contributed by atoms with Crippen molar-refractivity contribution in [2.75, 3.05) is 19.8 Å². The molecule has 0 fully saturated rings. The molecule has 0 aliphatic carbocycles. The lowest BCUT2D eigenvalue weighted by molar-refractivity contribution is -0.141. The Hall–Kier alpha value is -3.87. The summed E-state index contributed by atoms with van der Waals surface area (Å²) in [6.45, 7) is 3.84. The van der Waals surface area contributed by atoms with E-state index in [-0.39, 0.29) is 30.6 Å². The zero-order chi connectivity index (χ0) is 26.7. The van der Waals surface area contributed by atoms with E-state index in [2.05, 4.69) is 12.2 Å². The quantitative estimate of drug-likeness (QED) is 0.340. The van der Waals surface area contributed by atoms with Crippen LogP contribution in [0.2, 0.25) is 0 Å². The molecular weight excluding hydrogens is 483 g/mol. The Balaban J connectivity index is 1.57. The number of rotatable bonds is 12. The first-order chi connectivity index (χ1) is 18.5. The molecule has 3 aromatic carbocycles. The van der Waals surface area contributed by atoms with Crippen molar-refractivity contribution in [2.45, 2.75) is 51.6 Å². The van der Waals surface area contributed by atoms with Crippen molar-refractivity contribution in [2.24, 2.45) is 0 Å². The third kappa shape index (κ3) is 7.57. The lowest BCUT2D eigenvalue weighted by atomic mass is 10.0. The van der Waals surface area contributed by atoms with Crippen LogP contribution in [0.3, 0.4) is 0 Å². The summed E-state index contributed by atoms with van der Waals surface area (Å²) in [6, 6.07) is 20.8. The van der Waals surface area contributed by atoms with E-state index in [1.165, 1.54) is 12.1 Å². The third-order valence-electron chi connectivity index (χ3n) is 6.60. The number of nitrogens with zero attached hydrogens (tertiary/aromatic N) is 1. The van der Waals surface area contributed by atoms with E-state index in [9.17, 15) is 14.0 Å². The Morgan fingerprint density at radius 1 is 0.921 bits per heavy atom. The molecular formula is C31H35FN2O4. The molecule has 1 atom stereocenters. The topological polar surface area (TPSA) is 67.9 Å². The predicted molar refractivity (Wildman–Crippen MR) is 145 cm³/mol. The Bertz CT molecular complexity index is 1200. The van der Waals surface area contributed by atoms with Gasteiger partial charge >= 0.3 is 0 Å². The first-order valence-corrected chi connectivity index (χ1v) is 13.3. The Kier molecular flexibility index (Phi) is 9.73. The van der Waals surface area contributed by atoms with Gasteiger partial charge in [0, 0.05) is 25.9 Å². The van der Waals surface area contributed by atoms with Crippen LogP contribution in [0.4, 0.5) is 4.39 Å². The van der Waals surface area contributed by atoms with Crippen LogP contribution in [-0.2, 0) is 29.0 Å². The predicted octanol–water partition coefficient (Wildman–Crippen LogP) is 5.09. The van der Waals surface area contributed by atoms with E-state index in [4.69, 9.17) is 9.47 Å². The summed E-state index contributed by atoms with van der Waals surface area (Å²) in [4.78, 5) is 28.8. The fourth-order valence-corrected chi connectivity index (χ4v) is 4.48. The number of benzene rings is 3. The molecule has 0 spiro atoms. The number of hydrogen-bond donors (Lipinski definition) is 1. The molecule has 200 valence electrons. The first-order valence-electron chi connectivity index (χ1n) is 13.3. The molecule has 1 aliphatic rings. The van der Waals surface area contributed by atoms with Crippen LogP contribution < -0.4 is 14.8 Å². The number of fused-ring (bicyclic) bond motifs is 1. The van der Waals surface area contributed by atoms with Crippen molar-refractivity contribution in [1.82, 2.24) is 10.2 Å². The summed E-state index contributed by atoms with van der Waals surface area (Å²) in [7, 11) is 0. The van der Waals surface area contributed by atoms with E-state index >= 15 is 0 Å². The van der Waals surface area contributed by atoms with Gasteiger partial charge in [-0.25, -0.2) is 4.39 Å². The summed E-state index contributed by atoms with van der Waals surface area (Å²) >= 11 is 0. The number of carbonyl (C=O) groups excluding carboxylic acids is 2. The average Bonchev–Trinajstić information content (AvgIpc) is 2.95. The van der Waals surface area contributed by atoms with Crippen molar-refractivity contribution < 1.29 is 23.5 Å². The Morgan fingerprint density at radius 2 is 1.63 bits per heavy atom. The maximum absolute atomic E-state index is 13.8. The molecule has 6 nitrogen and oxygen atoms in total. The highest BCUT2D eigenvalue weighted by molar-refractivity contribution is 5.88. The number of ether oxygens (including phenoxy) is 2. The van der Waals surface area contributed by atoms with Crippen LogP contribution in [-0.4, -0.2) is 42.5 Å². The summed E-state index contributed by atoms with van der Waals surface area (Å²) in [5.41, 5.74) is 2.68. The van der Waals surface area contributed by atoms with Gasteiger partial charge in [0.05, 0.1) is 0 Å². The van der Waals surface area contributed by atoms with Crippen LogP contribution in [0, 0.1) is 5.82 Å². The minimum atomic E-state index is -0.702. The standard InChI is InChI=1S/C31H35FN2O4/c1-2-3-17-33-31(36)27(20-23-7-5-4-6-8-23)34(22-25-9-13-26(32)14-10-25)30(35)16-12-24-11-15-28-29(21-24)38-19-18-37-28/h4-11,13-15,21,27H,2-3,12,16-20,22H2,1H3,(H,33,36)/t27-/m0/s1. The molecule has 0 saturated carbocycles. The van der Waals surface area contributed by atoms with Crippen molar-refractivity contribution in [3.63, 3.8) is 0 Å². The number of carbonyl (C=O) groups is 2. The van der Waals surface area contributed by atoms with Gasteiger partial charge in [0.2, 0.25) is 11.8 Å². The van der Waals surface area contributed by atoms with E-state index < -0.39 is 6.04 Å². The highest BCUT2D eigenvalue weighted by Gasteiger charge is 2.30.